The van der Waals surface area contributed by atoms with E-state index < -0.39 is 10.0 Å². The van der Waals surface area contributed by atoms with Crippen LogP contribution in [0.1, 0.15) is 21.5 Å². The summed E-state index contributed by atoms with van der Waals surface area (Å²) in [6.45, 7) is 2.82. The van der Waals surface area contributed by atoms with Gasteiger partial charge < -0.3 is 10.1 Å². The van der Waals surface area contributed by atoms with E-state index in [1.807, 2.05) is 31.2 Å². The molecule has 0 unspecified atom stereocenters. The molecule has 3 rings (SSSR count). The molecule has 0 aliphatic carbocycles. The number of hydrogen-bond acceptors (Lipinski definition) is 4. The van der Waals surface area contributed by atoms with Gasteiger partial charge in [0.2, 0.25) is 10.0 Å². The summed E-state index contributed by atoms with van der Waals surface area (Å²) >= 11 is 9.45. The predicted octanol–water partition coefficient (Wildman–Crippen LogP) is 5.19. The number of sulfonamides is 1. The molecule has 174 valence electrons. The first-order valence-electron chi connectivity index (χ1n) is 10.1. The maximum Gasteiger partial charge on any atom is 0.251 e. The average molecular weight is 552 g/mol. The maximum absolute atomic E-state index is 12.4. The van der Waals surface area contributed by atoms with Crippen molar-refractivity contribution in [2.24, 2.45) is 0 Å². The molecule has 3 aromatic rings. The SMILES string of the molecule is Cc1cccc(OCCNC(=O)c2ccc(CN(c3ccc(Br)c(Cl)c3)S(C)(=O)=O)cc2)c1. The second kappa shape index (κ2) is 11.0. The number of ether oxygens (including phenoxy) is 1. The van der Waals surface area contributed by atoms with E-state index in [9.17, 15) is 13.2 Å². The highest BCUT2D eigenvalue weighted by atomic mass is 79.9. The zero-order valence-electron chi connectivity index (χ0n) is 18.2. The first-order chi connectivity index (χ1) is 15.6. The zero-order chi connectivity index (χ0) is 24.0. The first kappa shape index (κ1) is 25.1. The Labute approximate surface area is 207 Å². The normalized spacial score (nSPS) is 11.2. The van der Waals surface area contributed by atoms with Gasteiger partial charge in [-0.15, -0.1) is 0 Å². The Hall–Kier alpha value is -2.55. The van der Waals surface area contributed by atoms with E-state index in [-0.39, 0.29) is 12.5 Å². The standard InChI is InChI=1S/C24H24BrClN2O4S/c1-17-4-3-5-21(14-17)32-13-12-27-24(29)19-8-6-18(7-9-19)16-28(33(2,30)31)20-10-11-22(25)23(26)15-20/h3-11,14-15H,12-13,16H2,1-2H3,(H,27,29). The number of anilines is 1. The smallest absolute Gasteiger partial charge is 0.251 e. The van der Waals surface area contributed by atoms with Crippen LogP contribution in [0.5, 0.6) is 5.75 Å². The monoisotopic (exact) mass is 550 g/mol. The van der Waals surface area contributed by atoms with Crippen LogP contribution >= 0.6 is 27.5 Å². The van der Waals surface area contributed by atoms with Crippen LogP contribution in [0.4, 0.5) is 5.69 Å². The van der Waals surface area contributed by atoms with Gasteiger partial charge in [0.05, 0.1) is 30.1 Å². The molecular weight excluding hydrogens is 528 g/mol. The van der Waals surface area contributed by atoms with Crippen LogP contribution in [0.25, 0.3) is 0 Å². The molecule has 1 N–H and O–H groups in total. The van der Waals surface area contributed by atoms with Gasteiger partial charge in [0.1, 0.15) is 12.4 Å². The van der Waals surface area contributed by atoms with E-state index in [2.05, 4.69) is 21.2 Å². The predicted molar refractivity (Wildman–Crippen MR) is 136 cm³/mol. The molecule has 0 radical (unpaired) electrons. The fourth-order valence-corrected chi connectivity index (χ4v) is 4.41. The lowest BCUT2D eigenvalue weighted by atomic mass is 10.1. The number of amides is 1. The highest BCUT2D eigenvalue weighted by molar-refractivity contribution is 9.10. The minimum atomic E-state index is -3.55. The fraction of sp³-hybridized carbons (Fsp3) is 0.208. The summed E-state index contributed by atoms with van der Waals surface area (Å²) in [4.78, 5) is 12.4. The van der Waals surface area contributed by atoms with Gasteiger partial charge in [-0.25, -0.2) is 8.42 Å². The van der Waals surface area contributed by atoms with E-state index in [4.69, 9.17) is 16.3 Å². The highest BCUT2D eigenvalue weighted by Crippen LogP contribution is 2.29. The van der Waals surface area contributed by atoms with Crippen molar-refractivity contribution in [3.8, 4) is 5.75 Å². The van der Waals surface area contributed by atoms with E-state index in [1.54, 1.807) is 42.5 Å². The topological polar surface area (TPSA) is 75.7 Å². The molecule has 0 aliphatic heterocycles. The molecule has 0 saturated heterocycles. The van der Waals surface area contributed by atoms with Gasteiger partial charge >= 0.3 is 0 Å². The summed E-state index contributed by atoms with van der Waals surface area (Å²) in [7, 11) is -3.55. The second-order valence-corrected chi connectivity index (χ2v) is 10.7. The van der Waals surface area contributed by atoms with E-state index >= 15 is 0 Å². The first-order valence-corrected chi connectivity index (χ1v) is 13.1. The zero-order valence-corrected chi connectivity index (χ0v) is 21.4. The molecule has 1 amide bonds. The van der Waals surface area contributed by atoms with Crippen LogP contribution in [0, 0.1) is 6.92 Å². The minimum absolute atomic E-state index is 0.114. The third kappa shape index (κ3) is 7.22. The van der Waals surface area contributed by atoms with Crippen LogP contribution in [-0.4, -0.2) is 33.7 Å². The molecule has 6 nitrogen and oxygen atoms in total. The summed E-state index contributed by atoms with van der Waals surface area (Å²) in [5.41, 5.74) is 2.78. The molecule has 0 saturated carbocycles. The molecule has 33 heavy (non-hydrogen) atoms. The molecule has 3 aromatic carbocycles. The lowest BCUT2D eigenvalue weighted by molar-refractivity contribution is 0.0947. The van der Waals surface area contributed by atoms with E-state index in [0.29, 0.717) is 33.9 Å². The van der Waals surface area contributed by atoms with Crippen LogP contribution < -0.4 is 14.4 Å². The molecule has 0 bridgehead atoms. The molecule has 0 heterocycles. The second-order valence-electron chi connectivity index (χ2n) is 7.49. The van der Waals surface area contributed by atoms with Gasteiger partial charge in [0, 0.05) is 10.0 Å². The summed E-state index contributed by atoms with van der Waals surface area (Å²) < 4.78 is 32.3. The molecule has 9 heteroatoms. The Morgan fingerprint density at radius 3 is 2.45 bits per heavy atom. The molecular formula is C24H24BrClN2O4S. The van der Waals surface area contributed by atoms with Crippen molar-refractivity contribution in [2.75, 3.05) is 23.7 Å². The lowest BCUT2D eigenvalue weighted by Crippen LogP contribution is -2.29. The highest BCUT2D eigenvalue weighted by Gasteiger charge is 2.19. The number of rotatable bonds is 9. The number of aryl methyl sites for hydroxylation is 1. The third-order valence-electron chi connectivity index (χ3n) is 4.78. The summed E-state index contributed by atoms with van der Waals surface area (Å²) in [6.07, 6.45) is 1.14. The van der Waals surface area contributed by atoms with Gasteiger partial charge in [0.25, 0.3) is 5.91 Å². The van der Waals surface area contributed by atoms with Crippen molar-refractivity contribution in [1.82, 2.24) is 5.32 Å². The van der Waals surface area contributed by atoms with Gasteiger partial charge in [-0.05, 0) is 76.4 Å². The van der Waals surface area contributed by atoms with Crippen LogP contribution in [0.15, 0.2) is 71.2 Å². The molecule has 0 spiro atoms. The van der Waals surface area contributed by atoms with Crippen molar-refractivity contribution in [1.29, 1.82) is 0 Å². The maximum atomic E-state index is 12.4. The van der Waals surface area contributed by atoms with Crippen LogP contribution in [-0.2, 0) is 16.6 Å². The van der Waals surface area contributed by atoms with Crippen LogP contribution in [0.2, 0.25) is 5.02 Å². The number of benzene rings is 3. The van der Waals surface area contributed by atoms with Crippen molar-refractivity contribution in [3.05, 3.63) is 92.9 Å². The third-order valence-corrected chi connectivity index (χ3v) is 7.15. The number of hydrogen-bond donors (Lipinski definition) is 1. The van der Waals surface area contributed by atoms with Gasteiger partial charge in [-0.2, -0.15) is 0 Å². The number of carbonyl (C=O) groups is 1. The summed E-state index contributed by atoms with van der Waals surface area (Å²) in [5, 5.41) is 3.23. The molecule has 0 aromatic heterocycles. The van der Waals surface area contributed by atoms with Gasteiger partial charge in [0.15, 0.2) is 0 Å². The molecule has 0 aliphatic rings. The lowest BCUT2D eigenvalue weighted by Gasteiger charge is -2.23. The van der Waals surface area contributed by atoms with E-state index in [1.165, 1.54) is 4.31 Å². The van der Waals surface area contributed by atoms with Crippen molar-refractivity contribution >= 4 is 49.1 Å². The van der Waals surface area contributed by atoms with Crippen molar-refractivity contribution < 1.29 is 17.9 Å². The Bertz CT molecular complexity index is 1230. The average Bonchev–Trinajstić information content (AvgIpc) is 2.76. The number of nitrogens with zero attached hydrogens (tertiary/aromatic N) is 1. The van der Waals surface area contributed by atoms with Crippen molar-refractivity contribution in [2.45, 2.75) is 13.5 Å². The number of carbonyl (C=O) groups excluding carboxylic acids is 1. The Balaban J connectivity index is 1.59. The molecule has 0 fully saturated rings. The summed E-state index contributed by atoms with van der Waals surface area (Å²) in [5.74, 6) is 0.533. The van der Waals surface area contributed by atoms with Crippen molar-refractivity contribution in [3.63, 3.8) is 0 Å². The minimum Gasteiger partial charge on any atom is -0.492 e. The number of halogens is 2. The Morgan fingerprint density at radius 2 is 1.82 bits per heavy atom. The number of nitrogens with one attached hydrogen (secondary N) is 1. The van der Waals surface area contributed by atoms with E-state index in [0.717, 1.165) is 23.1 Å². The van der Waals surface area contributed by atoms with Gasteiger partial charge in [-0.3, -0.25) is 9.10 Å². The largest absolute Gasteiger partial charge is 0.492 e. The Morgan fingerprint density at radius 1 is 1.09 bits per heavy atom. The summed E-state index contributed by atoms with van der Waals surface area (Å²) in [6, 6.07) is 19.5. The van der Waals surface area contributed by atoms with Gasteiger partial charge in [-0.1, -0.05) is 35.9 Å². The Kier molecular flexibility index (Phi) is 8.40. The van der Waals surface area contributed by atoms with Crippen LogP contribution in [0.3, 0.4) is 0 Å². The quantitative estimate of drug-likeness (QED) is 0.372. The fourth-order valence-electron chi connectivity index (χ4n) is 3.11. The molecule has 0 atom stereocenters.